The van der Waals surface area contributed by atoms with Gasteiger partial charge in [0, 0.05) is 11.1 Å². The highest BCUT2D eigenvalue weighted by Crippen LogP contribution is 2.32. The Morgan fingerprint density at radius 1 is 1.30 bits per heavy atom. The summed E-state index contributed by atoms with van der Waals surface area (Å²) in [6.07, 6.45) is 1.81. The van der Waals surface area contributed by atoms with E-state index in [1.807, 2.05) is 34.6 Å². The molecule has 0 bridgehead atoms. The minimum Gasteiger partial charge on any atom is -0.488 e. The maximum atomic E-state index is 12.8. The van der Waals surface area contributed by atoms with E-state index in [1.54, 1.807) is 18.2 Å². The lowest BCUT2D eigenvalue weighted by molar-refractivity contribution is -0.130. The molecule has 27 heavy (non-hydrogen) atoms. The lowest BCUT2D eigenvalue weighted by Crippen LogP contribution is -2.50. The summed E-state index contributed by atoms with van der Waals surface area (Å²) in [5.74, 6) is 0.149. The zero-order chi connectivity index (χ0) is 20.4. The molecule has 4 N–H and O–H groups in total. The Kier molecular flexibility index (Phi) is 5.82. The van der Waals surface area contributed by atoms with E-state index >= 15 is 0 Å². The van der Waals surface area contributed by atoms with Crippen molar-refractivity contribution in [3.8, 4) is 5.75 Å². The van der Waals surface area contributed by atoms with Crippen molar-refractivity contribution in [2.75, 3.05) is 0 Å². The first kappa shape index (κ1) is 20.7. The Bertz CT molecular complexity index is 761. The van der Waals surface area contributed by atoms with Crippen LogP contribution in [0.2, 0.25) is 0 Å². The fraction of sp³-hybridized carbons (Fsp3) is 0.550. The van der Waals surface area contributed by atoms with E-state index in [-0.39, 0.29) is 18.4 Å². The zero-order valence-corrected chi connectivity index (χ0v) is 16.8. The van der Waals surface area contributed by atoms with Gasteiger partial charge in [0.25, 0.3) is 0 Å². The van der Waals surface area contributed by atoms with E-state index in [9.17, 15) is 9.59 Å². The van der Waals surface area contributed by atoms with Crippen LogP contribution in [-0.4, -0.2) is 33.8 Å². The van der Waals surface area contributed by atoms with Gasteiger partial charge in [-0.3, -0.25) is 14.5 Å². The molecule has 0 atom stereocenters. The fourth-order valence-electron chi connectivity index (χ4n) is 3.13. The smallest absolute Gasteiger partial charge is 0.248 e. The van der Waals surface area contributed by atoms with Crippen molar-refractivity contribution in [2.24, 2.45) is 16.5 Å². The van der Waals surface area contributed by atoms with E-state index in [2.05, 4.69) is 4.99 Å². The number of amides is 2. The Labute approximate surface area is 160 Å². The lowest BCUT2D eigenvalue weighted by Gasteiger charge is -2.36. The molecule has 148 valence electrons. The molecular formula is C20H30N4O3. The van der Waals surface area contributed by atoms with E-state index in [1.165, 1.54) is 4.90 Å². The number of guanidine groups is 1. The average molecular weight is 374 g/mol. The number of hydrogen-bond donors (Lipinski definition) is 2. The van der Waals surface area contributed by atoms with E-state index in [0.717, 1.165) is 12.8 Å². The fourth-order valence-corrected chi connectivity index (χ4v) is 3.13. The molecule has 1 aromatic rings. The summed E-state index contributed by atoms with van der Waals surface area (Å²) in [4.78, 5) is 30.4. The Balaban J connectivity index is 2.41. The van der Waals surface area contributed by atoms with Crippen LogP contribution in [0.3, 0.4) is 0 Å². The summed E-state index contributed by atoms with van der Waals surface area (Å²) >= 11 is 0. The minimum absolute atomic E-state index is 0.0858. The Morgan fingerprint density at radius 2 is 1.93 bits per heavy atom. The van der Waals surface area contributed by atoms with E-state index in [0.29, 0.717) is 23.3 Å². The van der Waals surface area contributed by atoms with E-state index < -0.39 is 17.0 Å². The van der Waals surface area contributed by atoms with Crippen molar-refractivity contribution in [1.82, 2.24) is 4.90 Å². The van der Waals surface area contributed by atoms with Gasteiger partial charge in [0.1, 0.15) is 11.4 Å². The first-order chi connectivity index (χ1) is 12.5. The molecule has 2 rings (SSSR count). The quantitative estimate of drug-likeness (QED) is 0.797. The summed E-state index contributed by atoms with van der Waals surface area (Å²) in [5.41, 5.74) is 11.7. The standard InChI is InChI=1S/C20H30N4O3/c1-6-20(7-2)11-16(25)24(18(22)23-20)12-14-10-13(17(21)26)8-9-15(14)27-19(3,4)5/h8-10H,6-7,11-12H2,1-5H3,(H2,21,26)(H2,22,23). The Hall–Kier alpha value is -2.57. The van der Waals surface area contributed by atoms with Gasteiger partial charge >= 0.3 is 0 Å². The topological polar surface area (TPSA) is 111 Å². The van der Waals surface area contributed by atoms with Gasteiger partial charge in [-0.05, 0) is 51.8 Å². The zero-order valence-electron chi connectivity index (χ0n) is 16.8. The molecule has 7 heteroatoms. The number of nitrogens with zero attached hydrogens (tertiary/aromatic N) is 2. The summed E-state index contributed by atoms with van der Waals surface area (Å²) < 4.78 is 5.99. The molecule has 0 aromatic heterocycles. The number of carbonyl (C=O) groups is 2. The second kappa shape index (κ2) is 7.58. The molecule has 0 unspecified atom stereocenters. The van der Waals surface area contributed by atoms with E-state index in [4.69, 9.17) is 16.2 Å². The number of hydrogen-bond acceptors (Lipinski definition) is 5. The van der Waals surface area contributed by atoms with Crippen molar-refractivity contribution in [2.45, 2.75) is 71.6 Å². The number of ether oxygens (including phenoxy) is 1. The van der Waals surface area contributed by atoms with Crippen molar-refractivity contribution >= 4 is 17.8 Å². The normalized spacial score (nSPS) is 16.9. The molecule has 1 aliphatic rings. The number of nitrogens with two attached hydrogens (primary N) is 2. The molecule has 0 aliphatic carbocycles. The van der Waals surface area contributed by atoms with Gasteiger partial charge in [-0.2, -0.15) is 0 Å². The van der Waals surface area contributed by atoms with Crippen LogP contribution in [0.4, 0.5) is 0 Å². The largest absolute Gasteiger partial charge is 0.488 e. The van der Waals surface area contributed by atoms with Gasteiger partial charge in [-0.15, -0.1) is 0 Å². The second-order valence-electron chi connectivity index (χ2n) is 7.96. The molecule has 0 spiro atoms. The molecule has 0 saturated heterocycles. The van der Waals surface area contributed by atoms with Gasteiger partial charge in [0.2, 0.25) is 11.8 Å². The summed E-state index contributed by atoms with van der Waals surface area (Å²) in [7, 11) is 0. The predicted molar refractivity (Wildman–Crippen MR) is 105 cm³/mol. The molecule has 0 radical (unpaired) electrons. The van der Waals surface area contributed by atoms with Crippen molar-refractivity contribution in [3.63, 3.8) is 0 Å². The van der Waals surface area contributed by atoms with Gasteiger partial charge in [-0.1, -0.05) is 13.8 Å². The van der Waals surface area contributed by atoms with Crippen molar-refractivity contribution in [3.05, 3.63) is 29.3 Å². The first-order valence-corrected chi connectivity index (χ1v) is 9.27. The minimum atomic E-state index is -0.541. The van der Waals surface area contributed by atoms with Crippen LogP contribution in [-0.2, 0) is 11.3 Å². The molecule has 1 aromatic carbocycles. The first-order valence-electron chi connectivity index (χ1n) is 9.27. The van der Waals surface area contributed by atoms with Gasteiger partial charge in [0.05, 0.1) is 18.5 Å². The summed E-state index contributed by atoms with van der Waals surface area (Å²) in [5, 5.41) is 0. The van der Waals surface area contributed by atoms with Crippen LogP contribution in [0.5, 0.6) is 5.75 Å². The van der Waals surface area contributed by atoms with Gasteiger partial charge < -0.3 is 16.2 Å². The molecule has 1 aliphatic heterocycles. The number of rotatable bonds is 6. The second-order valence-corrected chi connectivity index (χ2v) is 7.96. The number of benzene rings is 1. The van der Waals surface area contributed by atoms with Crippen LogP contribution in [0.15, 0.2) is 23.2 Å². The molecule has 7 nitrogen and oxygen atoms in total. The molecule has 1 heterocycles. The molecule has 2 amide bonds. The monoisotopic (exact) mass is 374 g/mol. The predicted octanol–water partition coefficient (Wildman–Crippen LogP) is 2.57. The van der Waals surface area contributed by atoms with Crippen LogP contribution < -0.4 is 16.2 Å². The van der Waals surface area contributed by atoms with Crippen LogP contribution >= 0.6 is 0 Å². The summed E-state index contributed by atoms with van der Waals surface area (Å²) in [6, 6.07) is 4.96. The van der Waals surface area contributed by atoms with Gasteiger partial charge in [0.15, 0.2) is 5.96 Å². The highest BCUT2D eigenvalue weighted by atomic mass is 16.5. The molecule has 0 fully saturated rings. The van der Waals surface area contributed by atoms with Gasteiger partial charge in [-0.25, -0.2) is 4.99 Å². The third-order valence-electron chi connectivity index (χ3n) is 4.82. The Morgan fingerprint density at radius 3 is 2.41 bits per heavy atom. The maximum absolute atomic E-state index is 12.8. The third kappa shape index (κ3) is 4.78. The van der Waals surface area contributed by atoms with Crippen LogP contribution in [0, 0.1) is 0 Å². The van der Waals surface area contributed by atoms with Crippen LogP contribution in [0.1, 0.15) is 69.8 Å². The van der Waals surface area contributed by atoms with Crippen molar-refractivity contribution < 1.29 is 14.3 Å². The highest BCUT2D eigenvalue weighted by molar-refractivity contribution is 5.99. The molecular weight excluding hydrogens is 344 g/mol. The maximum Gasteiger partial charge on any atom is 0.248 e. The summed E-state index contributed by atoms with van der Waals surface area (Å²) in [6.45, 7) is 9.97. The van der Waals surface area contributed by atoms with Crippen LogP contribution in [0.25, 0.3) is 0 Å². The average Bonchev–Trinajstić information content (AvgIpc) is 2.57. The molecule has 0 saturated carbocycles. The number of primary amides is 1. The SMILES string of the molecule is CCC1(CC)CC(=O)N(Cc2cc(C(N)=O)ccc2OC(C)(C)C)C(N)=N1. The number of aliphatic imine (C=N–C) groups is 1. The lowest BCUT2D eigenvalue weighted by atomic mass is 9.88. The third-order valence-corrected chi connectivity index (χ3v) is 4.82. The number of carbonyl (C=O) groups excluding carboxylic acids is 2. The highest BCUT2D eigenvalue weighted by Gasteiger charge is 2.37. The van der Waals surface area contributed by atoms with Crippen molar-refractivity contribution in [1.29, 1.82) is 0 Å².